The molecule has 1 saturated heterocycles. The molecule has 29 heavy (non-hydrogen) atoms. The van der Waals surface area contributed by atoms with E-state index >= 15 is 0 Å². The van der Waals surface area contributed by atoms with Gasteiger partial charge in [-0.2, -0.15) is 0 Å². The maximum atomic E-state index is 12.9. The van der Waals surface area contributed by atoms with Gasteiger partial charge in [-0.3, -0.25) is 9.78 Å². The summed E-state index contributed by atoms with van der Waals surface area (Å²) in [7, 11) is -1.48. The smallest absolute Gasteiger partial charge is 0.223 e. The van der Waals surface area contributed by atoms with Crippen LogP contribution < -0.4 is 0 Å². The van der Waals surface area contributed by atoms with Gasteiger partial charge in [0, 0.05) is 48.1 Å². The molecule has 1 atom stereocenters. The lowest BCUT2D eigenvalue weighted by Crippen LogP contribution is -2.43. The van der Waals surface area contributed by atoms with Gasteiger partial charge in [0.15, 0.2) is 9.84 Å². The van der Waals surface area contributed by atoms with Crippen molar-refractivity contribution in [2.24, 2.45) is 0 Å². The molecule has 7 nitrogen and oxygen atoms in total. The number of rotatable bonds is 7. The topological polar surface area (TPSA) is 92.4 Å². The van der Waals surface area contributed by atoms with E-state index in [2.05, 4.69) is 16.0 Å². The van der Waals surface area contributed by atoms with Crippen LogP contribution in [0, 0.1) is 0 Å². The third-order valence-electron chi connectivity index (χ3n) is 5.55. The molecule has 1 unspecified atom stereocenters. The molecule has 1 aliphatic heterocycles. The van der Waals surface area contributed by atoms with Crippen molar-refractivity contribution in [1.29, 1.82) is 0 Å². The molecule has 3 heterocycles. The van der Waals surface area contributed by atoms with Crippen LogP contribution in [0.25, 0.3) is 21.8 Å². The van der Waals surface area contributed by atoms with Crippen LogP contribution in [0.1, 0.15) is 18.5 Å². The molecule has 0 bridgehead atoms. The number of nitrogens with zero attached hydrogens (tertiary/aromatic N) is 2. The van der Waals surface area contributed by atoms with Crippen molar-refractivity contribution in [3.05, 3.63) is 42.2 Å². The van der Waals surface area contributed by atoms with Crippen molar-refractivity contribution in [3.8, 4) is 0 Å². The van der Waals surface area contributed by atoms with E-state index in [4.69, 9.17) is 4.74 Å². The summed E-state index contributed by atoms with van der Waals surface area (Å²) in [6, 6.07) is 9.86. The minimum Gasteiger partial charge on any atom is -0.383 e. The van der Waals surface area contributed by atoms with Crippen molar-refractivity contribution >= 4 is 37.6 Å². The summed E-state index contributed by atoms with van der Waals surface area (Å²) >= 11 is 0. The zero-order valence-electron chi connectivity index (χ0n) is 16.4. The number of aryl methyl sites for hydroxylation is 1. The summed E-state index contributed by atoms with van der Waals surface area (Å²) < 4.78 is 28.8. The van der Waals surface area contributed by atoms with Crippen molar-refractivity contribution in [2.45, 2.75) is 25.3 Å². The van der Waals surface area contributed by atoms with Crippen LogP contribution in [0.5, 0.6) is 0 Å². The number of fused-ring (bicyclic) bond motifs is 3. The first-order valence-corrected chi connectivity index (χ1v) is 11.6. The fourth-order valence-corrected chi connectivity index (χ4v) is 5.76. The van der Waals surface area contributed by atoms with Crippen molar-refractivity contribution in [1.82, 2.24) is 14.9 Å². The summed E-state index contributed by atoms with van der Waals surface area (Å²) in [5.41, 5.74) is 2.88. The fourth-order valence-electron chi connectivity index (χ4n) is 4.03. The summed E-state index contributed by atoms with van der Waals surface area (Å²) in [5.74, 6) is 0.139. The molecule has 8 heteroatoms. The molecule has 1 fully saturated rings. The van der Waals surface area contributed by atoms with Crippen molar-refractivity contribution < 1.29 is 17.9 Å². The first-order chi connectivity index (χ1) is 14.0. The van der Waals surface area contributed by atoms with E-state index in [0.717, 1.165) is 27.5 Å². The number of aromatic nitrogens is 2. The highest BCUT2D eigenvalue weighted by Crippen LogP contribution is 2.25. The lowest BCUT2D eigenvalue weighted by atomic mass is 10.1. The molecule has 0 spiro atoms. The molecule has 0 radical (unpaired) electrons. The molecule has 0 saturated carbocycles. The predicted molar refractivity (Wildman–Crippen MR) is 113 cm³/mol. The number of hydrogen-bond donors (Lipinski definition) is 1. The molecule has 4 rings (SSSR count). The van der Waals surface area contributed by atoms with Crippen LogP contribution in [0.2, 0.25) is 0 Å². The molecule has 0 aliphatic carbocycles. The highest BCUT2D eigenvalue weighted by atomic mass is 32.2. The van der Waals surface area contributed by atoms with Crippen LogP contribution in [-0.4, -0.2) is 67.0 Å². The molecule has 1 aromatic carbocycles. The fraction of sp³-hybridized carbons (Fsp3) is 0.429. The number of hydrogen-bond acceptors (Lipinski definition) is 5. The zero-order valence-corrected chi connectivity index (χ0v) is 17.2. The molecule has 1 amide bonds. The molecule has 3 aromatic rings. The number of carbonyl (C=O) groups is 1. The van der Waals surface area contributed by atoms with Crippen LogP contribution in [0.3, 0.4) is 0 Å². The average Bonchev–Trinajstić information content (AvgIpc) is 3.26. The number of sulfone groups is 1. The number of nitrogens with one attached hydrogen (secondary N) is 1. The average molecular weight is 416 g/mol. The number of pyridine rings is 1. The molecular weight excluding hydrogens is 390 g/mol. The number of amides is 1. The third-order valence-corrected chi connectivity index (χ3v) is 7.30. The molecular formula is C21H25N3O4S. The first-order valence-electron chi connectivity index (χ1n) is 9.81. The third kappa shape index (κ3) is 4.28. The Kier molecular flexibility index (Phi) is 5.56. The Labute approximate surface area is 170 Å². The second-order valence-corrected chi connectivity index (χ2v) is 9.76. The molecule has 2 aromatic heterocycles. The van der Waals surface area contributed by atoms with Crippen LogP contribution >= 0.6 is 0 Å². The molecule has 1 aliphatic rings. The largest absolute Gasteiger partial charge is 0.383 e. The Morgan fingerprint density at radius 3 is 2.86 bits per heavy atom. The lowest BCUT2D eigenvalue weighted by molar-refractivity contribution is -0.133. The van der Waals surface area contributed by atoms with Crippen molar-refractivity contribution in [3.63, 3.8) is 0 Å². The summed E-state index contributed by atoms with van der Waals surface area (Å²) in [4.78, 5) is 22.4. The Morgan fingerprint density at radius 1 is 1.28 bits per heavy atom. The van der Waals surface area contributed by atoms with Gasteiger partial charge >= 0.3 is 0 Å². The Hall–Kier alpha value is -2.45. The van der Waals surface area contributed by atoms with E-state index in [9.17, 15) is 13.2 Å². The standard InChI is InChI=1S/C21H25N3O4S/c1-28-10-9-24(16-8-11-29(26,27)14-16)21(25)7-6-15-12-18-17-4-2-3-5-19(17)23-20(18)13-22-15/h2-5,12-13,16,23H,6-11,14H2,1H3. The second-order valence-electron chi connectivity index (χ2n) is 7.53. The second kappa shape index (κ2) is 8.12. The zero-order chi connectivity index (χ0) is 20.4. The van der Waals surface area contributed by atoms with Gasteiger partial charge < -0.3 is 14.6 Å². The normalized spacial score (nSPS) is 18.4. The Morgan fingerprint density at radius 2 is 2.10 bits per heavy atom. The predicted octanol–water partition coefficient (Wildman–Crippen LogP) is 2.31. The molecule has 1 N–H and O–H groups in total. The van der Waals surface area contributed by atoms with Gasteiger partial charge in [-0.05, 0) is 25.0 Å². The van der Waals surface area contributed by atoms with E-state index in [1.807, 2.05) is 24.3 Å². The van der Waals surface area contributed by atoms with E-state index in [1.54, 1.807) is 18.2 Å². The van der Waals surface area contributed by atoms with Gasteiger partial charge in [-0.25, -0.2) is 8.42 Å². The highest BCUT2D eigenvalue weighted by Gasteiger charge is 2.34. The van der Waals surface area contributed by atoms with Crippen LogP contribution in [-0.2, 0) is 25.8 Å². The number of carbonyl (C=O) groups excluding carboxylic acids is 1. The minimum atomic E-state index is -3.06. The van der Waals surface area contributed by atoms with Gasteiger partial charge in [-0.1, -0.05) is 18.2 Å². The Balaban J connectivity index is 1.48. The maximum Gasteiger partial charge on any atom is 0.223 e. The van der Waals surface area contributed by atoms with E-state index in [-0.39, 0.29) is 23.5 Å². The van der Waals surface area contributed by atoms with Crippen LogP contribution in [0.4, 0.5) is 0 Å². The Bertz CT molecular complexity index is 1140. The quantitative estimate of drug-likeness (QED) is 0.639. The van der Waals surface area contributed by atoms with Gasteiger partial charge in [0.05, 0.1) is 29.8 Å². The first kappa shape index (κ1) is 19.8. The van der Waals surface area contributed by atoms with Gasteiger partial charge in [0.2, 0.25) is 5.91 Å². The number of aromatic amines is 1. The monoisotopic (exact) mass is 415 g/mol. The van der Waals surface area contributed by atoms with Gasteiger partial charge in [-0.15, -0.1) is 0 Å². The number of ether oxygens (including phenoxy) is 1. The van der Waals surface area contributed by atoms with E-state index in [1.165, 1.54) is 0 Å². The van der Waals surface area contributed by atoms with E-state index in [0.29, 0.717) is 32.4 Å². The summed E-state index contributed by atoms with van der Waals surface area (Å²) in [6.07, 6.45) is 3.11. The summed E-state index contributed by atoms with van der Waals surface area (Å²) in [5, 5.41) is 2.23. The summed E-state index contributed by atoms with van der Waals surface area (Å²) in [6.45, 7) is 0.798. The maximum absolute atomic E-state index is 12.9. The van der Waals surface area contributed by atoms with Gasteiger partial charge in [0.1, 0.15) is 0 Å². The van der Waals surface area contributed by atoms with Crippen molar-refractivity contribution in [2.75, 3.05) is 31.8 Å². The van der Waals surface area contributed by atoms with Gasteiger partial charge in [0.25, 0.3) is 0 Å². The number of benzene rings is 1. The highest BCUT2D eigenvalue weighted by molar-refractivity contribution is 7.91. The number of para-hydroxylation sites is 1. The number of H-pyrrole nitrogens is 1. The van der Waals surface area contributed by atoms with Crippen LogP contribution in [0.15, 0.2) is 36.5 Å². The minimum absolute atomic E-state index is 0.0437. The number of methoxy groups -OCH3 is 1. The van der Waals surface area contributed by atoms with E-state index < -0.39 is 9.84 Å². The molecule has 154 valence electrons. The SMILES string of the molecule is COCCN(C(=O)CCc1cc2c(cn1)[nH]c1ccccc12)C1CCS(=O)(=O)C1. The lowest BCUT2D eigenvalue weighted by Gasteiger charge is -2.28.